The zero-order valence-electron chi connectivity index (χ0n) is 5.93. The Kier molecular flexibility index (Phi) is 1.97. The Labute approximate surface area is 69.4 Å². The second kappa shape index (κ2) is 2.77. The monoisotopic (exact) mass is 167 g/mol. The van der Waals surface area contributed by atoms with Gasteiger partial charge in [0.2, 0.25) is 0 Å². The van der Waals surface area contributed by atoms with Crippen LogP contribution in [0.1, 0.15) is 11.1 Å². The number of nitrogens with zero attached hydrogens (tertiary/aromatic N) is 2. The van der Waals surface area contributed by atoms with Gasteiger partial charge in [-0.15, -0.1) is 0 Å². The van der Waals surface area contributed by atoms with Crippen LogP contribution in [-0.2, 0) is 0 Å². The number of halogens is 1. The van der Waals surface area contributed by atoms with Crippen molar-refractivity contribution in [3.63, 3.8) is 0 Å². The summed E-state index contributed by atoms with van der Waals surface area (Å²) in [6.07, 6.45) is 0. The fraction of sp³-hybridized carbons (Fsp3) is 0.143. The van der Waals surface area contributed by atoms with E-state index in [1.807, 2.05) is 6.07 Å². The fourth-order valence-electron chi connectivity index (χ4n) is 0.694. The topological polar surface area (TPSA) is 62.7 Å². The van der Waals surface area contributed by atoms with Gasteiger partial charge in [-0.25, -0.2) is 4.98 Å². The third kappa shape index (κ3) is 1.41. The van der Waals surface area contributed by atoms with E-state index in [0.717, 1.165) is 5.56 Å². The van der Waals surface area contributed by atoms with Crippen LogP contribution in [0.3, 0.4) is 0 Å². The molecule has 2 N–H and O–H groups in total. The third-order valence-electron chi connectivity index (χ3n) is 1.30. The van der Waals surface area contributed by atoms with Gasteiger partial charge in [0.15, 0.2) is 0 Å². The van der Waals surface area contributed by atoms with Gasteiger partial charge < -0.3 is 5.73 Å². The Bertz CT molecular complexity index is 327. The van der Waals surface area contributed by atoms with Crippen LogP contribution in [0.5, 0.6) is 0 Å². The first-order valence-corrected chi connectivity index (χ1v) is 3.35. The van der Waals surface area contributed by atoms with Crippen LogP contribution in [-0.4, -0.2) is 4.98 Å². The zero-order chi connectivity index (χ0) is 8.43. The summed E-state index contributed by atoms with van der Waals surface area (Å²) in [6, 6.07) is 3.53. The van der Waals surface area contributed by atoms with E-state index in [1.54, 1.807) is 13.0 Å². The largest absolute Gasteiger partial charge is 0.383 e. The van der Waals surface area contributed by atoms with E-state index in [-0.39, 0.29) is 5.82 Å². The van der Waals surface area contributed by atoms with Crippen molar-refractivity contribution in [3.8, 4) is 6.07 Å². The molecule has 0 aliphatic heterocycles. The van der Waals surface area contributed by atoms with Gasteiger partial charge in [0, 0.05) is 0 Å². The molecule has 0 spiro atoms. The summed E-state index contributed by atoms with van der Waals surface area (Å²) >= 11 is 5.64. The lowest BCUT2D eigenvalue weighted by molar-refractivity contribution is 1.26. The summed E-state index contributed by atoms with van der Waals surface area (Å²) in [5.74, 6) is 0.183. The average Bonchev–Trinajstić information content (AvgIpc) is 1.97. The molecule has 11 heavy (non-hydrogen) atoms. The minimum atomic E-state index is 0.183. The van der Waals surface area contributed by atoms with E-state index in [1.165, 1.54) is 0 Å². The molecule has 0 aliphatic rings. The van der Waals surface area contributed by atoms with Crippen molar-refractivity contribution >= 4 is 17.4 Å². The van der Waals surface area contributed by atoms with Gasteiger partial charge >= 0.3 is 0 Å². The molecule has 0 unspecified atom stereocenters. The second-order valence-corrected chi connectivity index (χ2v) is 2.50. The van der Waals surface area contributed by atoms with Gasteiger partial charge in [-0.3, -0.25) is 0 Å². The summed E-state index contributed by atoms with van der Waals surface area (Å²) in [7, 11) is 0. The molecule has 0 atom stereocenters. The maximum Gasteiger partial charge on any atom is 0.143 e. The molecule has 0 bridgehead atoms. The molecule has 0 fully saturated rings. The van der Waals surface area contributed by atoms with Gasteiger partial charge in [0.25, 0.3) is 0 Å². The summed E-state index contributed by atoms with van der Waals surface area (Å²) < 4.78 is 0. The lowest BCUT2D eigenvalue weighted by Crippen LogP contribution is -1.96. The van der Waals surface area contributed by atoms with Crippen molar-refractivity contribution in [1.82, 2.24) is 4.98 Å². The van der Waals surface area contributed by atoms with Gasteiger partial charge in [0.1, 0.15) is 17.0 Å². The Hall–Kier alpha value is -1.27. The van der Waals surface area contributed by atoms with E-state index in [2.05, 4.69) is 4.98 Å². The Morgan fingerprint density at radius 1 is 1.73 bits per heavy atom. The third-order valence-corrected chi connectivity index (χ3v) is 1.68. The zero-order valence-corrected chi connectivity index (χ0v) is 6.68. The molecule has 4 heteroatoms. The standard InChI is InChI=1S/C7H6ClN3/c1-4-2-5(3-9)7(10)11-6(4)8/h2H,1H3,(H2,10,11). The van der Waals surface area contributed by atoms with Crippen LogP contribution in [0.25, 0.3) is 0 Å². The van der Waals surface area contributed by atoms with Crippen molar-refractivity contribution in [2.24, 2.45) is 0 Å². The van der Waals surface area contributed by atoms with Crippen LogP contribution in [0, 0.1) is 18.3 Å². The van der Waals surface area contributed by atoms with E-state index >= 15 is 0 Å². The Balaban J connectivity index is 3.35. The van der Waals surface area contributed by atoms with Crippen molar-refractivity contribution in [1.29, 1.82) is 5.26 Å². The summed E-state index contributed by atoms with van der Waals surface area (Å²) in [4.78, 5) is 3.76. The first-order valence-electron chi connectivity index (χ1n) is 2.98. The van der Waals surface area contributed by atoms with E-state index in [9.17, 15) is 0 Å². The van der Waals surface area contributed by atoms with E-state index in [4.69, 9.17) is 22.6 Å². The fourth-order valence-corrected chi connectivity index (χ4v) is 0.839. The number of nitrogens with two attached hydrogens (primary N) is 1. The smallest absolute Gasteiger partial charge is 0.143 e. The molecule has 0 amide bonds. The highest BCUT2D eigenvalue weighted by Gasteiger charge is 2.03. The molecule has 3 nitrogen and oxygen atoms in total. The summed E-state index contributed by atoms with van der Waals surface area (Å²) in [5.41, 5.74) is 6.51. The summed E-state index contributed by atoms with van der Waals surface area (Å²) in [5, 5.41) is 8.87. The number of hydrogen-bond donors (Lipinski definition) is 1. The number of pyridine rings is 1. The highest BCUT2D eigenvalue weighted by atomic mass is 35.5. The molecule has 0 aliphatic carbocycles. The van der Waals surface area contributed by atoms with Crippen LogP contribution in [0.4, 0.5) is 5.82 Å². The molecule has 1 aromatic rings. The SMILES string of the molecule is Cc1cc(C#N)c(N)nc1Cl. The van der Waals surface area contributed by atoms with Crippen LogP contribution < -0.4 is 5.73 Å². The van der Waals surface area contributed by atoms with E-state index in [0.29, 0.717) is 10.7 Å². The maximum absolute atomic E-state index is 8.52. The molecule has 1 heterocycles. The number of anilines is 1. The van der Waals surface area contributed by atoms with Gasteiger partial charge in [-0.1, -0.05) is 11.6 Å². The Morgan fingerprint density at radius 2 is 2.36 bits per heavy atom. The van der Waals surface area contributed by atoms with Gasteiger partial charge in [-0.2, -0.15) is 5.26 Å². The lowest BCUT2D eigenvalue weighted by Gasteiger charge is -1.99. The predicted octanol–water partition coefficient (Wildman–Crippen LogP) is 1.50. The average molecular weight is 168 g/mol. The van der Waals surface area contributed by atoms with Crippen molar-refractivity contribution in [3.05, 3.63) is 22.3 Å². The molecule has 0 saturated heterocycles. The van der Waals surface area contributed by atoms with Gasteiger partial charge in [-0.05, 0) is 18.6 Å². The molecule has 56 valence electrons. The molecule has 1 rings (SSSR count). The second-order valence-electron chi connectivity index (χ2n) is 2.14. The number of aryl methyl sites for hydroxylation is 1. The molecular formula is C7H6ClN3. The molecular weight excluding hydrogens is 162 g/mol. The molecule has 0 radical (unpaired) electrons. The minimum Gasteiger partial charge on any atom is -0.383 e. The van der Waals surface area contributed by atoms with Crippen molar-refractivity contribution in [2.45, 2.75) is 6.92 Å². The van der Waals surface area contributed by atoms with E-state index < -0.39 is 0 Å². The number of rotatable bonds is 0. The van der Waals surface area contributed by atoms with Crippen molar-refractivity contribution < 1.29 is 0 Å². The first kappa shape index (κ1) is 7.83. The molecule has 0 aromatic carbocycles. The van der Waals surface area contributed by atoms with Crippen molar-refractivity contribution in [2.75, 3.05) is 5.73 Å². The maximum atomic E-state index is 8.52. The predicted molar refractivity (Wildman–Crippen MR) is 43.1 cm³/mol. The minimum absolute atomic E-state index is 0.183. The highest BCUT2D eigenvalue weighted by molar-refractivity contribution is 6.30. The highest BCUT2D eigenvalue weighted by Crippen LogP contribution is 2.17. The van der Waals surface area contributed by atoms with Crippen LogP contribution >= 0.6 is 11.6 Å². The first-order chi connectivity index (χ1) is 5.15. The van der Waals surface area contributed by atoms with Crippen LogP contribution in [0.2, 0.25) is 5.15 Å². The summed E-state index contributed by atoms with van der Waals surface area (Å²) in [6.45, 7) is 1.77. The quantitative estimate of drug-likeness (QED) is 0.596. The number of aromatic nitrogens is 1. The van der Waals surface area contributed by atoms with Crippen LogP contribution in [0.15, 0.2) is 6.07 Å². The number of hydrogen-bond acceptors (Lipinski definition) is 3. The normalized spacial score (nSPS) is 9.18. The van der Waals surface area contributed by atoms with Gasteiger partial charge in [0.05, 0.1) is 5.56 Å². The number of nitrogen functional groups attached to an aromatic ring is 1. The number of nitriles is 1. The Morgan fingerprint density at radius 3 is 2.91 bits per heavy atom. The lowest BCUT2D eigenvalue weighted by atomic mass is 10.2. The molecule has 0 saturated carbocycles. The molecule has 1 aromatic heterocycles.